The molecule has 10 heteroatoms. The topological polar surface area (TPSA) is 138 Å². The third-order valence-corrected chi connectivity index (χ3v) is 6.39. The van der Waals surface area contributed by atoms with Crippen molar-refractivity contribution in [3.05, 3.63) is 82.5 Å². The molecule has 1 aliphatic rings. The van der Waals surface area contributed by atoms with Crippen LogP contribution in [0, 0.1) is 18.8 Å². The van der Waals surface area contributed by atoms with Crippen molar-refractivity contribution in [1.29, 1.82) is 0 Å². The molecule has 1 aromatic carbocycles. The van der Waals surface area contributed by atoms with E-state index in [2.05, 4.69) is 20.2 Å². The molecule has 0 saturated carbocycles. The van der Waals surface area contributed by atoms with Gasteiger partial charge in [0, 0.05) is 51.1 Å². The van der Waals surface area contributed by atoms with Crippen molar-refractivity contribution in [3.63, 3.8) is 0 Å². The first-order valence-electron chi connectivity index (χ1n) is 12.7. The Morgan fingerprint density at radius 3 is 2.34 bits per heavy atom. The van der Waals surface area contributed by atoms with Gasteiger partial charge >= 0.3 is 11.7 Å². The molecule has 0 spiro atoms. The summed E-state index contributed by atoms with van der Waals surface area (Å²) in [6.07, 6.45) is 5.90. The first-order valence-corrected chi connectivity index (χ1v) is 12.7. The summed E-state index contributed by atoms with van der Waals surface area (Å²) in [5.41, 5.74) is 1.41. The zero-order valence-corrected chi connectivity index (χ0v) is 21.8. The van der Waals surface area contributed by atoms with Gasteiger partial charge in [-0.2, -0.15) is 4.98 Å². The van der Waals surface area contributed by atoms with Gasteiger partial charge in [0.05, 0.1) is 5.92 Å². The largest absolute Gasteiger partial charge is 0.481 e. The van der Waals surface area contributed by atoms with Crippen molar-refractivity contribution in [2.24, 2.45) is 11.8 Å². The van der Waals surface area contributed by atoms with Gasteiger partial charge in [0.15, 0.2) is 0 Å². The van der Waals surface area contributed by atoms with Gasteiger partial charge in [0.25, 0.3) is 5.97 Å². The van der Waals surface area contributed by atoms with Gasteiger partial charge in [-0.3, -0.25) is 14.2 Å². The number of aryl methyl sites for hydroxylation is 1. The summed E-state index contributed by atoms with van der Waals surface area (Å²) in [5, 5.41) is 20.5. The number of benzene rings is 1. The number of piperidine rings is 1. The van der Waals surface area contributed by atoms with Gasteiger partial charge in [-0.1, -0.05) is 36.4 Å². The second-order valence-corrected chi connectivity index (χ2v) is 9.45. The number of rotatable bonds is 9. The molecule has 3 aromatic rings. The number of carboxylic acid groups (broad SMARTS) is 2. The highest BCUT2D eigenvalue weighted by atomic mass is 16.4. The Kier molecular flexibility index (Phi) is 10.4. The molecule has 3 heterocycles. The van der Waals surface area contributed by atoms with Crippen molar-refractivity contribution < 1.29 is 19.8 Å². The number of pyridine rings is 1. The molecule has 1 fully saturated rings. The maximum absolute atomic E-state index is 12.8. The van der Waals surface area contributed by atoms with Gasteiger partial charge < -0.3 is 20.4 Å². The van der Waals surface area contributed by atoms with E-state index in [1.54, 1.807) is 12.4 Å². The molecule has 0 radical (unpaired) electrons. The summed E-state index contributed by atoms with van der Waals surface area (Å²) in [5.74, 6) is -0.327. The molecule has 38 heavy (non-hydrogen) atoms. The quantitative estimate of drug-likeness (QED) is 0.387. The van der Waals surface area contributed by atoms with E-state index in [1.807, 2.05) is 55.5 Å². The number of hydrogen-bond donors (Lipinski definition) is 3. The summed E-state index contributed by atoms with van der Waals surface area (Å²) < 4.78 is 1.43. The van der Waals surface area contributed by atoms with Crippen molar-refractivity contribution in [2.45, 2.75) is 39.7 Å². The van der Waals surface area contributed by atoms with Gasteiger partial charge in [-0.25, -0.2) is 9.78 Å². The molecule has 202 valence electrons. The zero-order chi connectivity index (χ0) is 27.5. The Hall–Kier alpha value is -4.21. The van der Waals surface area contributed by atoms with Crippen LogP contribution in [-0.4, -0.2) is 56.3 Å². The molecule has 0 aliphatic carbocycles. The maximum atomic E-state index is 12.8. The molecule has 0 amide bonds. The lowest BCUT2D eigenvalue weighted by atomic mass is 9.96. The molecule has 1 atom stereocenters. The fourth-order valence-corrected chi connectivity index (χ4v) is 4.47. The second-order valence-electron chi connectivity index (χ2n) is 9.45. The van der Waals surface area contributed by atoms with Crippen LogP contribution >= 0.6 is 0 Å². The van der Waals surface area contributed by atoms with Crippen LogP contribution in [0.1, 0.15) is 30.9 Å². The molecule has 10 nitrogen and oxygen atoms in total. The van der Waals surface area contributed by atoms with E-state index in [-0.39, 0.29) is 6.54 Å². The number of carbonyl (C=O) groups is 2. The number of hydrogen-bond acceptors (Lipinski definition) is 7. The van der Waals surface area contributed by atoms with E-state index in [0.29, 0.717) is 18.2 Å². The lowest BCUT2D eigenvalue weighted by Gasteiger charge is -2.33. The summed E-state index contributed by atoms with van der Waals surface area (Å²) in [4.78, 5) is 44.4. The zero-order valence-electron chi connectivity index (χ0n) is 21.8. The van der Waals surface area contributed by atoms with E-state index in [4.69, 9.17) is 9.90 Å². The van der Waals surface area contributed by atoms with Crippen LogP contribution in [0.3, 0.4) is 0 Å². The SMILES string of the molecule is CC(=O)O.Cc1cn(C[C@H](Cc2ccccc2)C(=O)O)c(=O)nc1N1CCC(CNc2ccccn2)CC1. The van der Waals surface area contributed by atoms with E-state index < -0.39 is 23.5 Å². The van der Waals surface area contributed by atoms with Crippen LogP contribution in [0.25, 0.3) is 0 Å². The Bertz CT molecular complexity index is 1240. The highest BCUT2D eigenvalue weighted by Crippen LogP contribution is 2.24. The maximum Gasteiger partial charge on any atom is 0.349 e. The van der Waals surface area contributed by atoms with Crippen LogP contribution in [0.4, 0.5) is 11.6 Å². The van der Waals surface area contributed by atoms with Crippen molar-refractivity contribution >= 4 is 23.6 Å². The molecule has 1 saturated heterocycles. The standard InChI is InChI=1S/C26H31N5O3.C2H4O2/c1-19-17-31(18-22(25(32)33)15-20-7-3-2-4-8-20)26(34)29-24(19)30-13-10-21(11-14-30)16-28-23-9-5-6-12-27-23;1-2(3)4/h2-9,12,17,21-22H,10-11,13-16,18H2,1H3,(H,27,28)(H,32,33);1H3,(H,3,4)/t22-;/m0./s1. The summed E-state index contributed by atoms with van der Waals surface area (Å²) in [6.45, 7) is 5.64. The fourth-order valence-electron chi connectivity index (χ4n) is 4.47. The monoisotopic (exact) mass is 521 g/mol. The molecule has 1 aliphatic heterocycles. The van der Waals surface area contributed by atoms with Crippen LogP contribution in [-0.2, 0) is 22.6 Å². The summed E-state index contributed by atoms with van der Waals surface area (Å²) in [6, 6.07) is 15.3. The third-order valence-electron chi connectivity index (χ3n) is 6.39. The Morgan fingerprint density at radius 2 is 1.74 bits per heavy atom. The first-order chi connectivity index (χ1) is 18.2. The Balaban J connectivity index is 0.000000934. The van der Waals surface area contributed by atoms with E-state index >= 15 is 0 Å². The molecule has 3 N–H and O–H groups in total. The average Bonchev–Trinajstić information content (AvgIpc) is 2.90. The summed E-state index contributed by atoms with van der Waals surface area (Å²) >= 11 is 0. The number of nitrogens with zero attached hydrogens (tertiary/aromatic N) is 4. The minimum Gasteiger partial charge on any atom is -0.481 e. The van der Waals surface area contributed by atoms with Gasteiger partial charge in [-0.05, 0) is 49.8 Å². The number of anilines is 2. The minimum atomic E-state index is -0.918. The lowest BCUT2D eigenvalue weighted by Crippen LogP contribution is -2.39. The van der Waals surface area contributed by atoms with Crippen molar-refractivity contribution in [2.75, 3.05) is 29.9 Å². The lowest BCUT2D eigenvalue weighted by molar-refractivity contribution is -0.142. The molecule has 4 rings (SSSR count). The predicted molar refractivity (Wildman–Crippen MR) is 145 cm³/mol. The summed E-state index contributed by atoms with van der Waals surface area (Å²) in [7, 11) is 0. The van der Waals surface area contributed by atoms with Gasteiger partial charge in [0.2, 0.25) is 0 Å². The Morgan fingerprint density at radius 1 is 1.08 bits per heavy atom. The fraction of sp³-hybridized carbons (Fsp3) is 0.393. The number of aromatic nitrogens is 3. The highest BCUT2D eigenvalue weighted by Gasteiger charge is 2.24. The van der Waals surface area contributed by atoms with Gasteiger partial charge in [0.1, 0.15) is 11.6 Å². The predicted octanol–water partition coefficient (Wildman–Crippen LogP) is 3.31. The van der Waals surface area contributed by atoms with Crippen LogP contribution in [0.15, 0.2) is 65.7 Å². The third kappa shape index (κ3) is 8.72. The molecular formula is C28H35N5O5. The smallest absolute Gasteiger partial charge is 0.349 e. The van der Waals surface area contributed by atoms with E-state index in [0.717, 1.165) is 56.3 Å². The second kappa shape index (κ2) is 13.9. The Labute approximate surface area is 222 Å². The number of nitrogens with one attached hydrogen (secondary N) is 1. The number of carboxylic acids is 2. The number of aliphatic carboxylic acids is 2. The average molecular weight is 522 g/mol. The van der Waals surface area contributed by atoms with Crippen LogP contribution < -0.4 is 15.9 Å². The normalized spacial score (nSPS) is 14.2. The first kappa shape index (κ1) is 28.4. The van der Waals surface area contributed by atoms with E-state index in [9.17, 15) is 14.7 Å². The minimum absolute atomic E-state index is 0.0957. The molecule has 0 unspecified atom stereocenters. The van der Waals surface area contributed by atoms with Crippen molar-refractivity contribution in [1.82, 2.24) is 14.5 Å². The van der Waals surface area contributed by atoms with Crippen molar-refractivity contribution in [3.8, 4) is 0 Å². The molecule has 0 bridgehead atoms. The van der Waals surface area contributed by atoms with Crippen LogP contribution in [0.2, 0.25) is 0 Å². The highest BCUT2D eigenvalue weighted by molar-refractivity contribution is 5.70. The molecular weight excluding hydrogens is 486 g/mol. The van der Waals surface area contributed by atoms with Gasteiger partial charge in [-0.15, -0.1) is 0 Å². The van der Waals surface area contributed by atoms with E-state index in [1.165, 1.54) is 4.57 Å². The molecule has 2 aromatic heterocycles. The van der Waals surface area contributed by atoms with Crippen LogP contribution in [0.5, 0.6) is 0 Å².